The monoisotopic (exact) mass is 389 g/mol. The number of nitrogens with two attached hydrogens (primary N) is 1. The van der Waals surface area contributed by atoms with Gasteiger partial charge in [0.1, 0.15) is 12.6 Å². The van der Waals surface area contributed by atoms with Gasteiger partial charge in [0.2, 0.25) is 11.8 Å². The highest BCUT2D eigenvalue weighted by atomic mass is 19.4. The SMILES string of the molecule is CC[C@H](N)C(=O)N1c2ccc(OC)c(OC)c2CC1C(=O)NCC(F)(F)F. The Morgan fingerprint density at radius 3 is 2.52 bits per heavy atom. The molecule has 150 valence electrons. The Kier molecular flexibility index (Phi) is 6.19. The maximum Gasteiger partial charge on any atom is 0.405 e. The minimum absolute atomic E-state index is 0.0123. The first-order chi connectivity index (χ1) is 12.6. The Labute approximate surface area is 154 Å². The quantitative estimate of drug-likeness (QED) is 0.767. The number of fused-ring (bicyclic) bond motifs is 1. The Morgan fingerprint density at radius 2 is 2.00 bits per heavy atom. The second kappa shape index (κ2) is 8.03. The Hall–Kier alpha value is -2.49. The fraction of sp³-hybridized carbons (Fsp3) is 0.529. The number of carbonyl (C=O) groups is 2. The van der Waals surface area contributed by atoms with Crippen molar-refractivity contribution in [2.45, 2.75) is 38.0 Å². The Bertz CT molecular complexity index is 724. The number of benzene rings is 1. The number of rotatable bonds is 6. The summed E-state index contributed by atoms with van der Waals surface area (Å²) in [6, 6.07) is 1.08. The number of nitrogens with one attached hydrogen (secondary N) is 1. The molecule has 10 heteroatoms. The first-order valence-electron chi connectivity index (χ1n) is 8.31. The van der Waals surface area contributed by atoms with Crippen LogP contribution < -0.4 is 25.4 Å². The molecule has 3 N–H and O–H groups in total. The zero-order valence-corrected chi connectivity index (χ0v) is 15.2. The van der Waals surface area contributed by atoms with Crippen molar-refractivity contribution < 1.29 is 32.2 Å². The van der Waals surface area contributed by atoms with Crippen LogP contribution in [0, 0.1) is 0 Å². The van der Waals surface area contributed by atoms with E-state index in [0.29, 0.717) is 29.2 Å². The van der Waals surface area contributed by atoms with Gasteiger partial charge in [-0.15, -0.1) is 0 Å². The molecule has 0 fully saturated rings. The zero-order chi connectivity index (χ0) is 20.4. The maximum atomic E-state index is 12.7. The lowest BCUT2D eigenvalue weighted by atomic mass is 10.1. The highest BCUT2D eigenvalue weighted by Crippen LogP contribution is 2.44. The van der Waals surface area contributed by atoms with E-state index in [-0.39, 0.29) is 6.42 Å². The zero-order valence-electron chi connectivity index (χ0n) is 15.2. The van der Waals surface area contributed by atoms with Gasteiger partial charge in [0.25, 0.3) is 0 Å². The van der Waals surface area contributed by atoms with Gasteiger partial charge in [0, 0.05) is 12.0 Å². The van der Waals surface area contributed by atoms with Crippen LogP contribution in [0.5, 0.6) is 11.5 Å². The van der Waals surface area contributed by atoms with Gasteiger partial charge in [0.05, 0.1) is 25.9 Å². The molecule has 1 unspecified atom stereocenters. The molecule has 1 aliphatic rings. The molecule has 2 rings (SSSR count). The van der Waals surface area contributed by atoms with E-state index in [1.54, 1.807) is 19.1 Å². The van der Waals surface area contributed by atoms with Crippen LogP contribution in [0.15, 0.2) is 12.1 Å². The summed E-state index contributed by atoms with van der Waals surface area (Å²) in [5, 5.41) is 1.84. The van der Waals surface area contributed by atoms with Crippen LogP contribution in [0.1, 0.15) is 18.9 Å². The Balaban J connectivity index is 2.44. The third kappa shape index (κ3) is 4.26. The van der Waals surface area contributed by atoms with Crippen LogP contribution in [0.2, 0.25) is 0 Å². The molecular weight excluding hydrogens is 367 g/mol. The molecule has 0 radical (unpaired) electrons. The molecule has 1 aliphatic heterocycles. The van der Waals surface area contributed by atoms with Crippen LogP contribution in [-0.4, -0.2) is 50.8 Å². The fourth-order valence-electron chi connectivity index (χ4n) is 3.00. The molecule has 2 atom stereocenters. The number of hydrogen-bond acceptors (Lipinski definition) is 5. The molecule has 0 bridgehead atoms. The summed E-state index contributed by atoms with van der Waals surface area (Å²) in [6.07, 6.45) is -4.26. The van der Waals surface area contributed by atoms with Crippen molar-refractivity contribution in [1.29, 1.82) is 0 Å². The van der Waals surface area contributed by atoms with Crippen LogP contribution in [0.3, 0.4) is 0 Å². The van der Waals surface area contributed by atoms with E-state index in [9.17, 15) is 22.8 Å². The van der Waals surface area contributed by atoms with Crippen molar-refractivity contribution in [2.24, 2.45) is 5.73 Å². The molecule has 0 saturated heterocycles. The minimum Gasteiger partial charge on any atom is -0.493 e. The third-order valence-corrected chi connectivity index (χ3v) is 4.35. The van der Waals surface area contributed by atoms with E-state index in [0.717, 1.165) is 4.90 Å². The van der Waals surface area contributed by atoms with Crippen molar-refractivity contribution >= 4 is 17.5 Å². The second-order valence-electron chi connectivity index (χ2n) is 6.07. The van der Waals surface area contributed by atoms with Gasteiger partial charge in [-0.3, -0.25) is 14.5 Å². The molecule has 1 aromatic carbocycles. The number of methoxy groups -OCH3 is 2. The summed E-state index contributed by atoms with van der Waals surface area (Å²) in [5.41, 5.74) is 6.70. The minimum atomic E-state index is -4.56. The lowest BCUT2D eigenvalue weighted by Crippen LogP contribution is -2.53. The van der Waals surface area contributed by atoms with Gasteiger partial charge >= 0.3 is 6.18 Å². The molecule has 0 saturated carbocycles. The number of ether oxygens (including phenoxy) is 2. The van der Waals surface area contributed by atoms with E-state index in [2.05, 4.69) is 0 Å². The average Bonchev–Trinajstić information content (AvgIpc) is 3.02. The molecular formula is C17H22F3N3O4. The smallest absolute Gasteiger partial charge is 0.405 e. The summed E-state index contributed by atoms with van der Waals surface area (Å²) in [7, 11) is 2.84. The molecule has 0 spiro atoms. The highest BCUT2D eigenvalue weighted by molar-refractivity contribution is 6.06. The molecule has 0 aromatic heterocycles. The normalized spacial score (nSPS) is 17.3. The number of amides is 2. The summed E-state index contributed by atoms with van der Waals surface area (Å²) in [4.78, 5) is 26.3. The van der Waals surface area contributed by atoms with Crippen molar-refractivity contribution in [3.8, 4) is 11.5 Å². The number of anilines is 1. The second-order valence-corrected chi connectivity index (χ2v) is 6.07. The van der Waals surface area contributed by atoms with Crippen LogP contribution in [0.4, 0.5) is 18.9 Å². The molecule has 1 aromatic rings. The number of alkyl halides is 3. The van der Waals surface area contributed by atoms with Gasteiger partial charge < -0.3 is 20.5 Å². The lowest BCUT2D eigenvalue weighted by molar-refractivity contribution is -0.139. The first kappa shape index (κ1) is 20.8. The highest BCUT2D eigenvalue weighted by Gasteiger charge is 2.42. The molecule has 1 heterocycles. The third-order valence-electron chi connectivity index (χ3n) is 4.35. The van der Waals surface area contributed by atoms with Gasteiger partial charge in [-0.05, 0) is 18.6 Å². The molecule has 27 heavy (non-hydrogen) atoms. The van der Waals surface area contributed by atoms with Gasteiger partial charge in [-0.25, -0.2) is 0 Å². The first-order valence-corrected chi connectivity index (χ1v) is 8.31. The number of halogens is 3. The van der Waals surface area contributed by atoms with Crippen molar-refractivity contribution in [3.05, 3.63) is 17.7 Å². The molecule has 0 aliphatic carbocycles. The Morgan fingerprint density at radius 1 is 1.33 bits per heavy atom. The molecule has 2 amide bonds. The van der Waals surface area contributed by atoms with Gasteiger partial charge in [-0.1, -0.05) is 6.92 Å². The van der Waals surface area contributed by atoms with Crippen molar-refractivity contribution in [3.63, 3.8) is 0 Å². The maximum absolute atomic E-state index is 12.7. The van der Waals surface area contributed by atoms with Crippen molar-refractivity contribution in [1.82, 2.24) is 5.32 Å². The summed E-state index contributed by atoms with van der Waals surface area (Å²) >= 11 is 0. The van der Waals surface area contributed by atoms with Crippen LogP contribution in [-0.2, 0) is 16.0 Å². The summed E-state index contributed by atoms with van der Waals surface area (Å²) < 4.78 is 48.0. The standard InChI is InChI=1S/C17H22F3N3O4/c1-4-10(21)16(25)23-11-5-6-13(26-2)14(27-3)9(11)7-12(23)15(24)22-8-17(18,19)20/h5-6,10,12H,4,7-8,21H2,1-3H3,(H,22,24)/t10-,12?/m0/s1. The number of carbonyl (C=O) groups excluding carboxylic acids is 2. The average molecular weight is 389 g/mol. The van der Waals surface area contributed by atoms with E-state index >= 15 is 0 Å². The van der Waals surface area contributed by atoms with E-state index < -0.39 is 36.6 Å². The summed E-state index contributed by atoms with van der Waals surface area (Å²) in [5.74, 6) is -0.749. The van der Waals surface area contributed by atoms with E-state index in [4.69, 9.17) is 15.2 Å². The van der Waals surface area contributed by atoms with E-state index in [1.807, 2.05) is 5.32 Å². The van der Waals surface area contributed by atoms with Gasteiger partial charge in [-0.2, -0.15) is 13.2 Å². The van der Waals surface area contributed by atoms with Crippen LogP contribution in [0.25, 0.3) is 0 Å². The summed E-state index contributed by atoms with van der Waals surface area (Å²) in [6.45, 7) is 0.216. The molecule has 7 nitrogen and oxygen atoms in total. The van der Waals surface area contributed by atoms with Crippen molar-refractivity contribution in [2.75, 3.05) is 25.7 Å². The predicted octanol–water partition coefficient (Wildman–Crippen LogP) is 1.38. The van der Waals surface area contributed by atoms with Crippen LogP contribution >= 0.6 is 0 Å². The van der Waals surface area contributed by atoms with E-state index in [1.165, 1.54) is 14.2 Å². The largest absolute Gasteiger partial charge is 0.493 e. The fourth-order valence-corrected chi connectivity index (χ4v) is 3.00. The topological polar surface area (TPSA) is 93.9 Å². The van der Waals surface area contributed by atoms with Gasteiger partial charge in [0.15, 0.2) is 11.5 Å². The number of nitrogens with zero attached hydrogens (tertiary/aromatic N) is 1. The predicted molar refractivity (Wildman–Crippen MR) is 91.9 cm³/mol. The lowest BCUT2D eigenvalue weighted by Gasteiger charge is -2.27. The number of hydrogen-bond donors (Lipinski definition) is 2.